The molecule has 0 bridgehead atoms. The minimum absolute atomic E-state index is 0.119. The molecule has 1 N–H and O–H groups in total. The molecule has 0 heterocycles. The van der Waals surface area contributed by atoms with Gasteiger partial charge in [0.1, 0.15) is 0 Å². The third-order valence-electron chi connectivity index (χ3n) is 3.08. The van der Waals surface area contributed by atoms with Crippen LogP contribution >= 0.6 is 0 Å². The molecule has 1 aromatic carbocycles. The lowest BCUT2D eigenvalue weighted by atomic mass is 10.2. The van der Waals surface area contributed by atoms with E-state index in [0.29, 0.717) is 18.8 Å². The van der Waals surface area contributed by atoms with Gasteiger partial charge in [-0.15, -0.1) is 0 Å². The van der Waals surface area contributed by atoms with Crippen molar-refractivity contribution in [3.05, 3.63) is 29.8 Å². The molecule has 1 rings (SSSR count). The lowest BCUT2D eigenvalue weighted by molar-refractivity contribution is -0.120. The lowest BCUT2D eigenvalue weighted by Crippen LogP contribution is -2.35. The molecule has 0 saturated carbocycles. The van der Waals surface area contributed by atoms with Crippen LogP contribution in [0.2, 0.25) is 0 Å². The van der Waals surface area contributed by atoms with Crippen molar-refractivity contribution in [2.24, 2.45) is 0 Å². The molecule has 0 aliphatic carbocycles. The van der Waals surface area contributed by atoms with Crippen molar-refractivity contribution in [1.29, 1.82) is 0 Å². The van der Waals surface area contributed by atoms with Gasteiger partial charge in [-0.25, -0.2) is 8.42 Å². The van der Waals surface area contributed by atoms with Gasteiger partial charge < -0.3 is 10.1 Å². The molecule has 0 saturated heterocycles. The fraction of sp³-hybridized carbons (Fsp3) is 0.533. The molecule has 0 radical (unpaired) electrons. The summed E-state index contributed by atoms with van der Waals surface area (Å²) in [6.45, 7) is 3.12. The van der Waals surface area contributed by atoms with Crippen LogP contribution in [0.1, 0.15) is 18.4 Å². The first-order valence-electron chi connectivity index (χ1n) is 7.14. The summed E-state index contributed by atoms with van der Waals surface area (Å²) >= 11 is 0. The van der Waals surface area contributed by atoms with E-state index in [2.05, 4.69) is 5.32 Å². The number of anilines is 1. The van der Waals surface area contributed by atoms with E-state index < -0.39 is 10.0 Å². The number of methoxy groups -OCH3 is 1. The molecule has 1 amide bonds. The maximum Gasteiger partial charge on any atom is 0.232 e. The highest BCUT2D eigenvalue weighted by Crippen LogP contribution is 2.19. The molecule has 0 unspecified atom stereocenters. The van der Waals surface area contributed by atoms with Gasteiger partial charge in [0.25, 0.3) is 0 Å². The maximum absolute atomic E-state index is 11.9. The first kappa shape index (κ1) is 18.4. The SMILES string of the molecule is COCCCNC(=O)CCN(c1cccc(C)c1)S(C)(=O)=O. The Kier molecular flexibility index (Phi) is 7.34. The van der Waals surface area contributed by atoms with E-state index >= 15 is 0 Å². The van der Waals surface area contributed by atoms with Crippen molar-refractivity contribution in [3.63, 3.8) is 0 Å². The molecule has 22 heavy (non-hydrogen) atoms. The van der Waals surface area contributed by atoms with Crippen molar-refractivity contribution < 1.29 is 17.9 Å². The van der Waals surface area contributed by atoms with Crippen LogP contribution in [0.3, 0.4) is 0 Å². The largest absolute Gasteiger partial charge is 0.385 e. The highest BCUT2D eigenvalue weighted by atomic mass is 32.2. The van der Waals surface area contributed by atoms with Gasteiger partial charge in [0.2, 0.25) is 15.9 Å². The second-order valence-electron chi connectivity index (χ2n) is 5.12. The number of carbonyl (C=O) groups excluding carboxylic acids is 1. The standard InChI is InChI=1S/C15H24N2O4S/c1-13-6-4-7-14(12-13)17(22(3,19)20)10-8-15(18)16-9-5-11-21-2/h4,6-7,12H,5,8-11H2,1-3H3,(H,16,18). The summed E-state index contributed by atoms with van der Waals surface area (Å²) in [6.07, 6.45) is 2.00. The van der Waals surface area contributed by atoms with Crippen LogP contribution in [0.15, 0.2) is 24.3 Å². The number of aryl methyl sites for hydroxylation is 1. The zero-order valence-corrected chi connectivity index (χ0v) is 14.1. The smallest absolute Gasteiger partial charge is 0.232 e. The predicted octanol–water partition coefficient (Wildman–Crippen LogP) is 1.30. The number of benzene rings is 1. The topological polar surface area (TPSA) is 75.7 Å². The Balaban J connectivity index is 2.63. The number of nitrogens with one attached hydrogen (secondary N) is 1. The summed E-state index contributed by atoms with van der Waals surface area (Å²) in [7, 11) is -1.82. The number of hydrogen-bond acceptors (Lipinski definition) is 4. The van der Waals surface area contributed by atoms with Gasteiger partial charge in [0, 0.05) is 33.2 Å². The van der Waals surface area contributed by atoms with E-state index in [1.807, 2.05) is 13.0 Å². The Hall–Kier alpha value is -1.60. The van der Waals surface area contributed by atoms with Crippen molar-refractivity contribution >= 4 is 21.6 Å². The Morgan fingerprint density at radius 1 is 1.36 bits per heavy atom. The minimum atomic E-state index is -3.43. The van der Waals surface area contributed by atoms with E-state index in [1.54, 1.807) is 25.3 Å². The normalized spacial score (nSPS) is 11.2. The molecule has 0 aliphatic rings. The van der Waals surface area contributed by atoms with Crippen LogP contribution in [0.4, 0.5) is 5.69 Å². The molecule has 0 atom stereocenters. The van der Waals surface area contributed by atoms with Crippen molar-refractivity contribution in [2.45, 2.75) is 19.8 Å². The van der Waals surface area contributed by atoms with Crippen LogP contribution in [-0.2, 0) is 19.6 Å². The number of amides is 1. The minimum Gasteiger partial charge on any atom is -0.385 e. The Morgan fingerprint density at radius 2 is 2.09 bits per heavy atom. The number of nitrogens with zero attached hydrogens (tertiary/aromatic N) is 1. The predicted molar refractivity (Wildman–Crippen MR) is 87.5 cm³/mol. The fourth-order valence-electron chi connectivity index (χ4n) is 2.01. The van der Waals surface area contributed by atoms with Crippen LogP contribution in [0.25, 0.3) is 0 Å². The molecule has 7 heteroatoms. The fourth-order valence-corrected chi connectivity index (χ4v) is 2.92. The second kappa shape index (κ2) is 8.75. The van der Waals surface area contributed by atoms with Gasteiger partial charge in [0.05, 0.1) is 11.9 Å². The summed E-state index contributed by atoms with van der Waals surface area (Å²) in [5.41, 5.74) is 1.55. The van der Waals surface area contributed by atoms with Gasteiger partial charge in [0.15, 0.2) is 0 Å². The zero-order chi connectivity index (χ0) is 16.6. The van der Waals surface area contributed by atoms with E-state index in [-0.39, 0.29) is 18.9 Å². The number of sulfonamides is 1. The van der Waals surface area contributed by atoms with Crippen LogP contribution < -0.4 is 9.62 Å². The van der Waals surface area contributed by atoms with E-state index in [9.17, 15) is 13.2 Å². The van der Waals surface area contributed by atoms with E-state index in [0.717, 1.165) is 18.2 Å². The molecular formula is C15H24N2O4S. The molecular weight excluding hydrogens is 304 g/mol. The monoisotopic (exact) mass is 328 g/mol. The zero-order valence-electron chi connectivity index (χ0n) is 13.3. The average molecular weight is 328 g/mol. The lowest BCUT2D eigenvalue weighted by Gasteiger charge is -2.22. The third-order valence-corrected chi connectivity index (χ3v) is 4.27. The summed E-state index contributed by atoms with van der Waals surface area (Å²) < 4.78 is 30.0. The van der Waals surface area contributed by atoms with Gasteiger partial charge in [-0.05, 0) is 31.0 Å². The van der Waals surface area contributed by atoms with Gasteiger partial charge in [-0.2, -0.15) is 0 Å². The second-order valence-corrected chi connectivity index (χ2v) is 7.03. The number of rotatable bonds is 9. The molecule has 124 valence electrons. The van der Waals surface area contributed by atoms with Gasteiger partial charge in [-0.1, -0.05) is 12.1 Å². The molecule has 0 aromatic heterocycles. The van der Waals surface area contributed by atoms with Gasteiger partial charge >= 0.3 is 0 Å². The van der Waals surface area contributed by atoms with Gasteiger partial charge in [-0.3, -0.25) is 9.10 Å². The quantitative estimate of drug-likeness (QED) is 0.693. The Morgan fingerprint density at radius 3 is 2.68 bits per heavy atom. The van der Waals surface area contributed by atoms with Crippen molar-refractivity contribution in [1.82, 2.24) is 5.32 Å². The first-order valence-corrected chi connectivity index (χ1v) is 8.99. The highest BCUT2D eigenvalue weighted by Gasteiger charge is 2.18. The van der Waals surface area contributed by atoms with Crippen molar-refractivity contribution in [3.8, 4) is 0 Å². The summed E-state index contributed by atoms with van der Waals surface area (Å²) in [6, 6.07) is 7.21. The first-order chi connectivity index (χ1) is 10.3. The maximum atomic E-state index is 11.9. The van der Waals surface area contributed by atoms with Crippen LogP contribution in [-0.4, -0.2) is 47.4 Å². The number of hydrogen-bond donors (Lipinski definition) is 1. The number of carbonyl (C=O) groups is 1. The highest BCUT2D eigenvalue weighted by molar-refractivity contribution is 7.92. The summed E-state index contributed by atoms with van der Waals surface area (Å²) in [5.74, 6) is -0.169. The molecule has 0 fully saturated rings. The molecule has 6 nitrogen and oxygen atoms in total. The average Bonchev–Trinajstić information content (AvgIpc) is 2.42. The molecule has 0 aliphatic heterocycles. The van der Waals surface area contributed by atoms with E-state index in [4.69, 9.17) is 4.74 Å². The summed E-state index contributed by atoms with van der Waals surface area (Å²) in [5, 5.41) is 2.75. The molecule has 1 aromatic rings. The van der Waals surface area contributed by atoms with E-state index in [1.165, 1.54) is 4.31 Å². The van der Waals surface area contributed by atoms with Crippen LogP contribution in [0, 0.1) is 6.92 Å². The summed E-state index contributed by atoms with van der Waals surface area (Å²) in [4.78, 5) is 11.8. The van der Waals surface area contributed by atoms with Crippen LogP contribution in [0.5, 0.6) is 0 Å². The molecule has 0 spiro atoms. The third kappa shape index (κ3) is 6.44. The Bertz CT molecular complexity index is 587. The Labute approximate surface area is 132 Å². The number of ether oxygens (including phenoxy) is 1. The van der Waals surface area contributed by atoms with Crippen molar-refractivity contribution in [2.75, 3.05) is 37.4 Å².